The van der Waals surface area contributed by atoms with Crippen LogP contribution in [0.3, 0.4) is 0 Å². The SMILES string of the molecule is Cc1ccccc1C(=O)N[C@H](C(=O)NCC(=O)Nc1ccc(F)c(F)c1)C(C)C. The zero-order chi connectivity index (χ0) is 21.6. The summed E-state index contributed by atoms with van der Waals surface area (Å²) in [7, 11) is 0. The fourth-order valence-electron chi connectivity index (χ4n) is 2.64. The highest BCUT2D eigenvalue weighted by molar-refractivity contribution is 6.00. The first kappa shape index (κ1) is 22.0. The Morgan fingerprint density at radius 2 is 1.69 bits per heavy atom. The molecule has 0 unspecified atom stereocenters. The number of nitrogens with one attached hydrogen (secondary N) is 3. The first-order valence-electron chi connectivity index (χ1n) is 9.08. The highest BCUT2D eigenvalue weighted by atomic mass is 19.2. The minimum absolute atomic E-state index is 0.0661. The van der Waals surface area contributed by atoms with Gasteiger partial charge in [0, 0.05) is 17.3 Å². The molecule has 0 aromatic heterocycles. The molecule has 2 aromatic carbocycles. The van der Waals surface area contributed by atoms with Crippen molar-refractivity contribution in [2.24, 2.45) is 5.92 Å². The molecule has 2 rings (SSSR count). The first-order chi connectivity index (χ1) is 13.7. The summed E-state index contributed by atoms with van der Waals surface area (Å²) in [5.41, 5.74) is 1.30. The van der Waals surface area contributed by atoms with E-state index in [1.807, 2.05) is 6.07 Å². The van der Waals surface area contributed by atoms with Crippen molar-refractivity contribution in [2.45, 2.75) is 26.8 Å². The normalized spacial score (nSPS) is 11.7. The Bertz CT molecular complexity index is 916. The van der Waals surface area contributed by atoms with E-state index < -0.39 is 29.5 Å². The first-order valence-corrected chi connectivity index (χ1v) is 9.08. The summed E-state index contributed by atoms with van der Waals surface area (Å²) in [4.78, 5) is 36.9. The second-order valence-corrected chi connectivity index (χ2v) is 6.90. The minimum Gasteiger partial charge on any atom is -0.345 e. The van der Waals surface area contributed by atoms with E-state index in [4.69, 9.17) is 0 Å². The van der Waals surface area contributed by atoms with E-state index in [0.29, 0.717) is 5.56 Å². The van der Waals surface area contributed by atoms with E-state index in [9.17, 15) is 23.2 Å². The molecule has 0 radical (unpaired) electrons. The van der Waals surface area contributed by atoms with Gasteiger partial charge in [-0.15, -0.1) is 0 Å². The van der Waals surface area contributed by atoms with Crippen molar-refractivity contribution in [1.82, 2.24) is 10.6 Å². The summed E-state index contributed by atoms with van der Waals surface area (Å²) in [6.07, 6.45) is 0. The number of rotatable bonds is 7. The van der Waals surface area contributed by atoms with Crippen molar-refractivity contribution in [1.29, 1.82) is 0 Å². The number of benzene rings is 2. The Kier molecular flexibility index (Phi) is 7.41. The van der Waals surface area contributed by atoms with Gasteiger partial charge in [-0.3, -0.25) is 14.4 Å². The monoisotopic (exact) mass is 403 g/mol. The fourth-order valence-corrected chi connectivity index (χ4v) is 2.64. The smallest absolute Gasteiger partial charge is 0.252 e. The van der Waals surface area contributed by atoms with E-state index in [0.717, 1.165) is 17.7 Å². The summed E-state index contributed by atoms with van der Waals surface area (Å²) in [5.74, 6) is -3.87. The number of anilines is 1. The van der Waals surface area contributed by atoms with Crippen LogP contribution in [0.5, 0.6) is 0 Å². The van der Waals surface area contributed by atoms with Gasteiger partial charge in [0.15, 0.2) is 11.6 Å². The average Bonchev–Trinajstić information content (AvgIpc) is 2.67. The van der Waals surface area contributed by atoms with Crippen LogP contribution in [-0.4, -0.2) is 30.3 Å². The lowest BCUT2D eigenvalue weighted by atomic mass is 10.0. The topological polar surface area (TPSA) is 87.3 Å². The summed E-state index contributed by atoms with van der Waals surface area (Å²) < 4.78 is 26.1. The number of hydrogen-bond acceptors (Lipinski definition) is 3. The third-order valence-electron chi connectivity index (χ3n) is 4.25. The van der Waals surface area contributed by atoms with E-state index in [2.05, 4.69) is 16.0 Å². The van der Waals surface area contributed by atoms with Crippen LogP contribution >= 0.6 is 0 Å². The van der Waals surface area contributed by atoms with E-state index in [1.54, 1.807) is 39.0 Å². The lowest BCUT2D eigenvalue weighted by molar-refractivity contribution is -0.126. The fraction of sp³-hybridized carbons (Fsp3) is 0.286. The molecule has 0 saturated carbocycles. The molecule has 0 bridgehead atoms. The van der Waals surface area contributed by atoms with Gasteiger partial charge >= 0.3 is 0 Å². The largest absolute Gasteiger partial charge is 0.345 e. The molecule has 0 aliphatic heterocycles. The van der Waals surface area contributed by atoms with Crippen molar-refractivity contribution >= 4 is 23.4 Å². The van der Waals surface area contributed by atoms with Gasteiger partial charge in [0.2, 0.25) is 11.8 Å². The molecule has 8 heteroatoms. The molecule has 3 amide bonds. The molecule has 0 spiro atoms. The molecule has 6 nitrogen and oxygen atoms in total. The van der Waals surface area contributed by atoms with Crippen LogP contribution in [0.15, 0.2) is 42.5 Å². The van der Waals surface area contributed by atoms with Crippen LogP contribution < -0.4 is 16.0 Å². The predicted molar refractivity (Wildman–Crippen MR) is 105 cm³/mol. The quantitative estimate of drug-likeness (QED) is 0.664. The molecular formula is C21H23F2N3O3. The molecular weight excluding hydrogens is 380 g/mol. The summed E-state index contributed by atoms with van der Waals surface area (Å²) in [5, 5.41) is 7.49. The van der Waals surface area contributed by atoms with Crippen molar-refractivity contribution < 1.29 is 23.2 Å². The van der Waals surface area contributed by atoms with Crippen LogP contribution in [-0.2, 0) is 9.59 Å². The lowest BCUT2D eigenvalue weighted by Crippen LogP contribution is -2.51. The van der Waals surface area contributed by atoms with Gasteiger partial charge in [0.1, 0.15) is 6.04 Å². The molecule has 1 atom stereocenters. The molecule has 3 N–H and O–H groups in total. The van der Waals surface area contributed by atoms with Gasteiger partial charge in [0.25, 0.3) is 5.91 Å². The Morgan fingerprint density at radius 3 is 2.31 bits per heavy atom. The number of hydrogen-bond donors (Lipinski definition) is 3. The van der Waals surface area contributed by atoms with Crippen molar-refractivity contribution in [3.05, 3.63) is 65.2 Å². The second-order valence-electron chi connectivity index (χ2n) is 6.90. The van der Waals surface area contributed by atoms with Crippen molar-refractivity contribution in [3.8, 4) is 0 Å². The van der Waals surface area contributed by atoms with Gasteiger partial charge in [0.05, 0.1) is 6.54 Å². The lowest BCUT2D eigenvalue weighted by Gasteiger charge is -2.22. The summed E-state index contributed by atoms with van der Waals surface area (Å²) >= 11 is 0. The van der Waals surface area contributed by atoms with Crippen LogP contribution in [0.2, 0.25) is 0 Å². The minimum atomic E-state index is -1.09. The number of aryl methyl sites for hydroxylation is 1. The average molecular weight is 403 g/mol. The van der Waals surface area contributed by atoms with Gasteiger partial charge in [-0.25, -0.2) is 8.78 Å². The third kappa shape index (κ3) is 6.10. The van der Waals surface area contributed by atoms with Gasteiger partial charge in [-0.05, 0) is 36.6 Å². The van der Waals surface area contributed by atoms with E-state index >= 15 is 0 Å². The van der Waals surface area contributed by atoms with Crippen molar-refractivity contribution in [2.75, 3.05) is 11.9 Å². The van der Waals surface area contributed by atoms with Gasteiger partial charge in [-0.1, -0.05) is 32.0 Å². The summed E-state index contributed by atoms with van der Waals surface area (Å²) in [6.45, 7) is 4.94. The number of halogens is 2. The Balaban J connectivity index is 1.95. The Labute approximate surface area is 167 Å². The molecule has 0 aliphatic carbocycles. The maximum Gasteiger partial charge on any atom is 0.252 e. The van der Waals surface area contributed by atoms with Gasteiger partial charge in [-0.2, -0.15) is 0 Å². The maximum absolute atomic E-state index is 13.2. The molecule has 0 heterocycles. The van der Waals surface area contributed by atoms with Crippen LogP contribution in [0, 0.1) is 24.5 Å². The predicted octanol–water partition coefficient (Wildman–Crippen LogP) is 2.78. The third-order valence-corrected chi connectivity index (χ3v) is 4.25. The Morgan fingerprint density at radius 1 is 1.00 bits per heavy atom. The molecule has 0 saturated heterocycles. The Hall–Kier alpha value is -3.29. The molecule has 0 aliphatic rings. The molecule has 0 fully saturated rings. The maximum atomic E-state index is 13.2. The second kappa shape index (κ2) is 9.77. The van der Waals surface area contributed by atoms with Crippen LogP contribution in [0.25, 0.3) is 0 Å². The standard InChI is InChI=1S/C21H23F2N3O3/c1-12(2)19(26-20(28)15-7-5-4-6-13(15)3)21(29)24-11-18(27)25-14-8-9-16(22)17(23)10-14/h4-10,12,19H,11H2,1-3H3,(H,24,29)(H,25,27)(H,26,28)/t19-/m0/s1. The summed E-state index contributed by atoms with van der Waals surface area (Å²) in [6, 6.07) is 9.08. The van der Waals surface area contributed by atoms with E-state index in [1.165, 1.54) is 6.07 Å². The number of carbonyl (C=O) groups excluding carboxylic acids is 3. The molecule has 2 aromatic rings. The molecule has 154 valence electrons. The zero-order valence-electron chi connectivity index (χ0n) is 16.4. The zero-order valence-corrected chi connectivity index (χ0v) is 16.4. The highest BCUT2D eigenvalue weighted by Gasteiger charge is 2.25. The van der Waals surface area contributed by atoms with E-state index in [-0.39, 0.29) is 24.1 Å². The van der Waals surface area contributed by atoms with Crippen molar-refractivity contribution in [3.63, 3.8) is 0 Å². The number of amides is 3. The van der Waals surface area contributed by atoms with Crippen LogP contribution in [0.4, 0.5) is 14.5 Å². The highest BCUT2D eigenvalue weighted by Crippen LogP contribution is 2.13. The number of carbonyl (C=O) groups is 3. The van der Waals surface area contributed by atoms with Crippen LogP contribution in [0.1, 0.15) is 29.8 Å². The molecule has 29 heavy (non-hydrogen) atoms. The van der Waals surface area contributed by atoms with Gasteiger partial charge < -0.3 is 16.0 Å².